The van der Waals surface area contributed by atoms with Gasteiger partial charge in [-0.25, -0.2) is 4.79 Å². The van der Waals surface area contributed by atoms with E-state index in [2.05, 4.69) is 4.98 Å². The number of H-pyrrole nitrogens is 1. The van der Waals surface area contributed by atoms with Crippen LogP contribution in [-0.4, -0.2) is 42.0 Å². The third-order valence-electron chi connectivity index (χ3n) is 5.53. The van der Waals surface area contributed by atoms with Crippen molar-refractivity contribution in [1.82, 2.24) is 9.88 Å². The van der Waals surface area contributed by atoms with E-state index in [0.717, 1.165) is 33.5 Å². The topological polar surface area (TPSA) is 71.6 Å². The van der Waals surface area contributed by atoms with E-state index in [-0.39, 0.29) is 5.91 Å². The summed E-state index contributed by atoms with van der Waals surface area (Å²) in [4.78, 5) is 30.3. The van der Waals surface area contributed by atoms with E-state index in [1.165, 1.54) is 13.2 Å². The normalized spacial score (nSPS) is 16.1. The van der Waals surface area contributed by atoms with Gasteiger partial charge in [-0.15, -0.1) is 0 Å². The molecule has 0 radical (unpaired) electrons. The number of amides is 1. The Morgan fingerprint density at radius 2 is 1.84 bits per heavy atom. The van der Waals surface area contributed by atoms with Gasteiger partial charge in [-0.3, -0.25) is 4.79 Å². The molecule has 0 bridgehead atoms. The van der Waals surface area contributed by atoms with Crippen molar-refractivity contribution < 1.29 is 19.1 Å². The van der Waals surface area contributed by atoms with E-state index < -0.39 is 12.0 Å². The van der Waals surface area contributed by atoms with Crippen LogP contribution in [0, 0.1) is 0 Å². The van der Waals surface area contributed by atoms with Crippen LogP contribution in [-0.2, 0) is 27.3 Å². The molecular weight excluding hydrogens is 392 g/mol. The van der Waals surface area contributed by atoms with E-state index in [0.29, 0.717) is 13.0 Å². The lowest BCUT2D eigenvalue weighted by molar-refractivity contribution is -0.152. The highest BCUT2D eigenvalue weighted by atomic mass is 16.5. The molecule has 0 aliphatic carbocycles. The first kappa shape index (κ1) is 20.5. The summed E-state index contributed by atoms with van der Waals surface area (Å²) < 4.78 is 10.3. The van der Waals surface area contributed by atoms with Crippen molar-refractivity contribution >= 4 is 28.9 Å². The number of carbonyl (C=O) groups is 2. The molecule has 3 aromatic rings. The van der Waals surface area contributed by atoms with E-state index in [9.17, 15) is 9.59 Å². The van der Waals surface area contributed by atoms with Gasteiger partial charge in [0.05, 0.1) is 20.8 Å². The number of hydrogen-bond donors (Lipinski definition) is 1. The highest BCUT2D eigenvalue weighted by Gasteiger charge is 2.36. The molecule has 31 heavy (non-hydrogen) atoms. The summed E-state index contributed by atoms with van der Waals surface area (Å²) in [7, 11) is 2.97. The molecule has 1 aliphatic rings. The number of nitrogens with one attached hydrogen (secondary N) is 1. The molecule has 6 nitrogen and oxygen atoms in total. The zero-order valence-corrected chi connectivity index (χ0v) is 17.5. The second-order valence-corrected chi connectivity index (χ2v) is 7.30. The third-order valence-corrected chi connectivity index (χ3v) is 5.53. The Balaban J connectivity index is 1.56. The average Bonchev–Trinajstić information content (AvgIpc) is 3.18. The lowest BCUT2D eigenvalue weighted by Crippen LogP contribution is -2.48. The maximum atomic E-state index is 12.9. The van der Waals surface area contributed by atoms with Gasteiger partial charge in [0.1, 0.15) is 11.8 Å². The maximum Gasteiger partial charge on any atom is 0.328 e. The SMILES string of the molecule is COC(=O)[C@@H]1Cc2c([nH]c3ccccc23)CN1C(=O)/C=C/C=C/c1ccccc1OC. The van der Waals surface area contributed by atoms with Gasteiger partial charge in [-0.2, -0.15) is 0 Å². The molecule has 2 aromatic carbocycles. The molecule has 1 N–H and O–H groups in total. The predicted octanol–water partition coefficient (Wildman–Crippen LogP) is 3.87. The minimum atomic E-state index is -0.660. The molecule has 1 atom stereocenters. The molecular formula is C25H24N2O4. The molecule has 0 unspecified atom stereocenters. The van der Waals surface area contributed by atoms with Gasteiger partial charge >= 0.3 is 5.97 Å². The first-order valence-electron chi connectivity index (χ1n) is 10.1. The first-order valence-corrected chi connectivity index (χ1v) is 10.1. The molecule has 0 saturated heterocycles. The molecule has 1 aromatic heterocycles. The fourth-order valence-electron chi connectivity index (χ4n) is 3.98. The second-order valence-electron chi connectivity index (χ2n) is 7.30. The van der Waals surface area contributed by atoms with Gasteiger partial charge in [0.15, 0.2) is 0 Å². The summed E-state index contributed by atoms with van der Waals surface area (Å²) >= 11 is 0. The van der Waals surface area contributed by atoms with E-state index in [4.69, 9.17) is 9.47 Å². The van der Waals surface area contributed by atoms with Crippen LogP contribution in [0.15, 0.2) is 66.8 Å². The standard InChI is InChI=1S/C25H24N2O4/c1-30-23-13-7-3-9-17(23)10-4-8-14-24(28)27-16-21-19(15-22(27)25(29)31-2)18-11-5-6-12-20(18)26-21/h3-14,22,26H,15-16H2,1-2H3/b10-4+,14-8+/t22-/m0/s1. The van der Waals surface area contributed by atoms with Gasteiger partial charge < -0.3 is 19.4 Å². The number of esters is 1. The van der Waals surface area contributed by atoms with Crippen LogP contribution >= 0.6 is 0 Å². The summed E-state index contributed by atoms with van der Waals surface area (Å²) in [5, 5.41) is 1.08. The van der Waals surface area contributed by atoms with Crippen LogP contribution in [0.1, 0.15) is 16.8 Å². The number of methoxy groups -OCH3 is 2. The Bertz CT molecular complexity index is 1180. The van der Waals surface area contributed by atoms with Crippen LogP contribution in [0.3, 0.4) is 0 Å². The number of benzene rings is 2. The minimum absolute atomic E-state index is 0.246. The Hall–Kier alpha value is -3.80. The van der Waals surface area contributed by atoms with Crippen molar-refractivity contribution in [3.8, 4) is 5.75 Å². The molecule has 1 amide bonds. The Morgan fingerprint density at radius 1 is 1.06 bits per heavy atom. The number of rotatable bonds is 5. The zero-order chi connectivity index (χ0) is 21.8. The smallest absolute Gasteiger partial charge is 0.328 e. The molecule has 158 valence electrons. The summed E-state index contributed by atoms with van der Waals surface area (Å²) in [5.41, 5.74) is 3.93. The fraction of sp³-hybridized carbons (Fsp3) is 0.200. The number of fused-ring (bicyclic) bond motifs is 3. The monoisotopic (exact) mass is 416 g/mol. The number of carbonyl (C=O) groups excluding carboxylic acids is 2. The van der Waals surface area contributed by atoms with Crippen LogP contribution in [0.2, 0.25) is 0 Å². The van der Waals surface area contributed by atoms with Crippen molar-refractivity contribution in [3.63, 3.8) is 0 Å². The molecule has 2 heterocycles. The molecule has 4 rings (SSSR count). The highest BCUT2D eigenvalue weighted by molar-refractivity contribution is 5.94. The fourth-order valence-corrected chi connectivity index (χ4v) is 3.98. The van der Waals surface area contributed by atoms with Gasteiger partial charge in [0.2, 0.25) is 5.91 Å². The zero-order valence-electron chi connectivity index (χ0n) is 17.5. The predicted molar refractivity (Wildman–Crippen MR) is 120 cm³/mol. The van der Waals surface area contributed by atoms with Crippen LogP contribution in [0.25, 0.3) is 17.0 Å². The van der Waals surface area contributed by atoms with Crippen LogP contribution in [0.4, 0.5) is 0 Å². The number of nitrogens with zero attached hydrogens (tertiary/aromatic N) is 1. The first-order chi connectivity index (χ1) is 15.1. The number of hydrogen-bond acceptors (Lipinski definition) is 4. The van der Waals surface area contributed by atoms with Crippen molar-refractivity contribution in [2.24, 2.45) is 0 Å². The van der Waals surface area contributed by atoms with Crippen molar-refractivity contribution in [1.29, 1.82) is 0 Å². The molecule has 0 fully saturated rings. The van der Waals surface area contributed by atoms with Gasteiger partial charge in [0, 0.05) is 34.7 Å². The number of allylic oxidation sites excluding steroid dienone is 2. The maximum absolute atomic E-state index is 12.9. The summed E-state index contributed by atoms with van der Waals surface area (Å²) in [6.45, 7) is 0.323. The van der Waals surface area contributed by atoms with Crippen LogP contribution in [0.5, 0.6) is 5.75 Å². The van der Waals surface area contributed by atoms with E-state index in [1.807, 2.05) is 54.6 Å². The van der Waals surface area contributed by atoms with Gasteiger partial charge in [-0.05, 0) is 17.7 Å². The molecule has 6 heteroatoms. The van der Waals surface area contributed by atoms with E-state index >= 15 is 0 Å². The number of aromatic amines is 1. The van der Waals surface area contributed by atoms with Crippen molar-refractivity contribution in [2.45, 2.75) is 19.0 Å². The Labute approximate surface area is 180 Å². The van der Waals surface area contributed by atoms with Gasteiger partial charge in [-0.1, -0.05) is 54.6 Å². The number of ether oxygens (including phenoxy) is 2. The quantitative estimate of drug-likeness (QED) is 0.389. The minimum Gasteiger partial charge on any atom is -0.496 e. The summed E-state index contributed by atoms with van der Waals surface area (Å²) in [5.74, 6) is 0.0956. The number of aromatic nitrogens is 1. The molecule has 1 aliphatic heterocycles. The van der Waals surface area contributed by atoms with Crippen molar-refractivity contribution in [2.75, 3.05) is 14.2 Å². The lowest BCUT2D eigenvalue weighted by Gasteiger charge is -2.33. The molecule has 0 saturated carbocycles. The highest BCUT2D eigenvalue weighted by Crippen LogP contribution is 2.30. The van der Waals surface area contributed by atoms with E-state index in [1.54, 1.807) is 24.2 Å². The van der Waals surface area contributed by atoms with Crippen LogP contribution < -0.4 is 4.74 Å². The van der Waals surface area contributed by atoms with Gasteiger partial charge in [0.25, 0.3) is 0 Å². The average molecular weight is 416 g/mol. The largest absolute Gasteiger partial charge is 0.496 e. The Morgan fingerprint density at radius 3 is 2.65 bits per heavy atom. The number of para-hydroxylation sites is 2. The Kier molecular flexibility index (Phi) is 5.89. The second kappa shape index (κ2) is 8.92. The van der Waals surface area contributed by atoms with Crippen molar-refractivity contribution in [3.05, 3.63) is 83.6 Å². The summed E-state index contributed by atoms with van der Waals surface area (Å²) in [6.07, 6.45) is 7.20. The lowest BCUT2D eigenvalue weighted by atomic mass is 9.96. The molecule has 0 spiro atoms. The summed E-state index contributed by atoms with van der Waals surface area (Å²) in [6, 6.07) is 14.9. The third kappa shape index (κ3) is 4.10.